The molecule has 2 rings (SSSR count). The van der Waals surface area contributed by atoms with Crippen LogP contribution in [-0.2, 0) is 0 Å². The van der Waals surface area contributed by atoms with Crippen LogP contribution in [0, 0.1) is 0 Å². The topological polar surface area (TPSA) is 12.0 Å². The Morgan fingerprint density at radius 1 is 1.08 bits per heavy atom. The quantitative estimate of drug-likeness (QED) is 0.609. The van der Waals surface area contributed by atoms with Gasteiger partial charge in [-0.2, -0.15) is 0 Å². The van der Waals surface area contributed by atoms with Gasteiger partial charge in [0.05, 0.1) is 0 Å². The van der Waals surface area contributed by atoms with Crippen molar-refractivity contribution in [2.75, 3.05) is 12.3 Å². The highest BCUT2D eigenvalue weighted by Crippen LogP contribution is 2.26. The van der Waals surface area contributed by atoms with Gasteiger partial charge in [0.1, 0.15) is 0 Å². The third-order valence-electron chi connectivity index (χ3n) is 1.78. The summed E-state index contributed by atoms with van der Waals surface area (Å²) in [5, 5.41) is 3.38. The van der Waals surface area contributed by atoms with Gasteiger partial charge in [-0.25, -0.2) is 0 Å². The second-order valence-electron chi connectivity index (χ2n) is 2.66. The Hall–Kier alpha value is -0.890. The number of fused-ring (bicyclic) bond motifs is 1. The van der Waals surface area contributed by atoms with Crippen molar-refractivity contribution < 1.29 is 0 Å². The first-order valence-corrected chi connectivity index (χ1v) is 5.08. The molecule has 1 aliphatic carbocycles. The highest BCUT2D eigenvalue weighted by atomic mass is 32.2. The lowest BCUT2D eigenvalue weighted by Crippen LogP contribution is -2.22. The Balaban J connectivity index is 2.28. The molecular weight excluding hydrogens is 166 g/mol. The number of nitrogens with one attached hydrogen (secondary N) is 1. The van der Waals surface area contributed by atoms with E-state index in [9.17, 15) is 0 Å². The maximum absolute atomic E-state index is 3.38. The molecular formula is C10H11NS. The Kier molecular flexibility index (Phi) is 2.37. The van der Waals surface area contributed by atoms with E-state index in [1.54, 1.807) is 0 Å². The van der Waals surface area contributed by atoms with Gasteiger partial charge in [0.2, 0.25) is 0 Å². The lowest BCUT2D eigenvalue weighted by atomic mass is 10.2. The van der Waals surface area contributed by atoms with E-state index in [1.807, 2.05) is 17.8 Å². The van der Waals surface area contributed by atoms with Crippen molar-refractivity contribution in [3.63, 3.8) is 0 Å². The van der Waals surface area contributed by atoms with Gasteiger partial charge in [0.15, 0.2) is 0 Å². The summed E-state index contributed by atoms with van der Waals surface area (Å²) < 4.78 is 0. The normalized spacial score (nSPS) is 28.3. The Morgan fingerprint density at radius 3 is 2.83 bits per heavy atom. The van der Waals surface area contributed by atoms with E-state index < -0.39 is 0 Å². The van der Waals surface area contributed by atoms with Crippen LogP contribution in [0.25, 0.3) is 0 Å². The minimum Gasteiger partial charge on any atom is -0.383 e. The summed E-state index contributed by atoms with van der Waals surface area (Å²) in [5.41, 5.74) is 1.26. The predicted octanol–water partition coefficient (Wildman–Crippen LogP) is 2.22. The molecule has 0 bridgehead atoms. The molecule has 0 radical (unpaired) electrons. The van der Waals surface area contributed by atoms with Gasteiger partial charge in [-0.3, -0.25) is 0 Å². The van der Waals surface area contributed by atoms with Gasteiger partial charge >= 0.3 is 0 Å². The number of hydrogen-bond donors (Lipinski definition) is 1. The zero-order chi connectivity index (χ0) is 8.23. The molecule has 1 aliphatic heterocycles. The molecule has 1 saturated heterocycles. The predicted molar refractivity (Wildman–Crippen MR) is 54.9 cm³/mol. The molecule has 0 saturated carbocycles. The zero-order valence-corrected chi connectivity index (χ0v) is 7.60. The molecule has 2 aliphatic rings. The van der Waals surface area contributed by atoms with E-state index >= 15 is 0 Å². The van der Waals surface area contributed by atoms with Crippen LogP contribution in [0.3, 0.4) is 0 Å². The van der Waals surface area contributed by atoms with Crippen molar-refractivity contribution in [2.45, 2.75) is 0 Å². The Morgan fingerprint density at radius 2 is 1.92 bits per heavy atom. The SMILES string of the molecule is C1=C/C=C/C=C2/NCCSC2=C1. The second kappa shape index (κ2) is 3.68. The van der Waals surface area contributed by atoms with Crippen LogP contribution < -0.4 is 5.32 Å². The maximum Gasteiger partial charge on any atom is 0.0478 e. The fraction of sp³-hybridized carbons (Fsp3) is 0.200. The first kappa shape index (κ1) is 7.74. The van der Waals surface area contributed by atoms with Crippen molar-refractivity contribution in [3.05, 3.63) is 47.1 Å². The van der Waals surface area contributed by atoms with Crippen molar-refractivity contribution >= 4 is 11.8 Å². The first-order valence-electron chi connectivity index (χ1n) is 4.09. The van der Waals surface area contributed by atoms with Crippen LogP contribution in [0.5, 0.6) is 0 Å². The summed E-state index contributed by atoms with van der Waals surface area (Å²) in [4.78, 5) is 1.35. The summed E-state index contributed by atoms with van der Waals surface area (Å²) in [5.74, 6) is 1.17. The first-order chi connectivity index (χ1) is 5.97. The van der Waals surface area contributed by atoms with E-state index in [2.05, 4.69) is 35.7 Å². The number of thioether (sulfide) groups is 1. The summed E-state index contributed by atoms with van der Waals surface area (Å²) >= 11 is 1.91. The lowest BCUT2D eigenvalue weighted by Gasteiger charge is -2.19. The van der Waals surface area contributed by atoms with E-state index in [0.717, 1.165) is 6.54 Å². The van der Waals surface area contributed by atoms with E-state index in [1.165, 1.54) is 16.4 Å². The summed E-state index contributed by atoms with van der Waals surface area (Å²) in [6.45, 7) is 1.07. The third-order valence-corrected chi connectivity index (χ3v) is 2.86. The Labute approximate surface area is 76.9 Å². The van der Waals surface area contributed by atoms with Crippen molar-refractivity contribution in [1.82, 2.24) is 5.32 Å². The van der Waals surface area contributed by atoms with Crippen LogP contribution in [-0.4, -0.2) is 12.3 Å². The van der Waals surface area contributed by atoms with Gasteiger partial charge in [-0.15, -0.1) is 11.8 Å². The number of rotatable bonds is 0. The minimum atomic E-state index is 1.07. The van der Waals surface area contributed by atoms with Crippen LogP contribution in [0.2, 0.25) is 0 Å². The molecule has 0 aromatic heterocycles. The Bertz CT molecular complexity index is 254. The van der Waals surface area contributed by atoms with Crippen LogP contribution in [0.4, 0.5) is 0 Å². The highest BCUT2D eigenvalue weighted by Gasteiger charge is 2.09. The van der Waals surface area contributed by atoms with Gasteiger partial charge < -0.3 is 5.32 Å². The summed E-state index contributed by atoms with van der Waals surface area (Å²) in [6, 6.07) is 0. The monoisotopic (exact) mass is 177 g/mol. The summed E-state index contributed by atoms with van der Waals surface area (Å²) in [6.07, 6.45) is 12.5. The molecule has 0 amide bonds. The van der Waals surface area contributed by atoms with Gasteiger partial charge in [0.25, 0.3) is 0 Å². The minimum absolute atomic E-state index is 1.07. The van der Waals surface area contributed by atoms with E-state index in [0.29, 0.717) is 0 Å². The molecule has 1 N–H and O–H groups in total. The fourth-order valence-corrected chi connectivity index (χ4v) is 2.11. The van der Waals surface area contributed by atoms with Crippen LogP contribution >= 0.6 is 11.8 Å². The zero-order valence-electron chi connectivity index (χ0n) is 6.79. The molecule has 0 unspecified atom stereocenters. The molecule has 1 fully saturated rings. The molecule has 62 valence electrons. The molecule has 12 heavy (non-hydrogen) atoms. The molecule has 0 spiro atoms. The smallest absolute Gasteiger partial charge is 0.0478 e. The van der Waals surface area contributed by atoms with E-state index in [4.69, 9.17) is 0 Å². The fourth-order valence-electron chi connectivity index (χ4n) is 1.21. The average Bonchev–Trinajstić information content (AvgIpc) is 2.06. The maximum atomic E-state index is 3.38. The molecule has 1 heterocycles. The largest absolute Gasteiger partial charge is 0.383 e. The second-order valence-corrected chi connectivity index (χ2v) is 3.79. The highest BCUT2D eigenvalue weighted by molar-refractivity contribution is 8.03. The van der Waals surface area contributed by atoms with Gasteiger partial charge in [0, 0.05) is 22.9 Å². The van der Waals surface area contributed by atoms with Gasteiger partial charge in [-0.1, -0.05) is 24.3 Å². The van der Waals surface area contributed by atoms with Gasteiger partial charge in [-0.05, 0) is 12.2 Å². The molecule has 2 heteroatoms. The van der Waals surface area contributed by atoms with E-state index in [-0.39, 0.29) is 0 Å². The van der Waals surface area contributed by atoms with Crippen LogP contribution in [0.1, 0.15) is 0 Å². The van der Waals surface area contributed by atoms with Crippen molar-refractivity contribution in [2.24, 2.45) is 0 Å². The third kappa shape index (κ3) is 1.64. The molecule has 1 nitrogen and oxygen atoms in total. The standard InChI is InChI=1S/C10H11NS/c1-2-4-6-10-9(5-3-1)11-7-8-12-10/h1-6,11H,7-8H2/b2-1?,3-1+,4-2?,5-3?,6-4?,9-5+,10-6?. The van der Waals surface area contributed by atoms with Crippen molar-refractivity contribution in [3.8, 4) is 0 Å². The van der Waals surface area contributed by atoms with Crippen LogP contribution in [0.15, 0.2) is 47.1 Å². The summed E-state index contributed by atoms with van der Waals surface area (Å²) in [7, 11) is 0. The molecule has 0 aromatic rings. The average molecular weight is 177 g/mol. The number of hydrogen-bond acceptors (Lipinski definition) is 2. The number of allylic oxidation sites excluding steroid dienone is 6. The molecule has 0 atom stereocenters. The van der Waals surface area contributed by atoms with Crippen molar-refractivity contribution in [1.29, 1.82) is 0 Å². The molecule has 0 aromatic carbocycles. The lowest BCUT2D eigenvalue weighted by molar-refractivity contribution is 0.870.